The molecule has 4 aromatic rings. The molecule has 0 aliphatic heterocycles. The lowest BCUT2D eigenvalue weighted by Gasteiger charge is -2.12. The van der Waals surface area contributed by atoms with Crippen molar-refractivity contribution in [1.29, 1.82) is 0 Å². The number of benzene rings is 4. The third-order valence-corrected chi connectivity index (χ3v) is 6.90. The SMILES string of the molecule is Cc1ccc(Cl)cc1NC(=O)CSc1cccc(NC(=O)/C(=C/c2ccccc2F)NC(=O)c2ccccc2)c1. The van der Waals surface area contributed by atoms with Crippen molar-refractivity contribution >= 4 is 58.5 Å². The Morgan fingerprint density at radius 3 is 2.40 bits per heavy atom. The third kappa shape index (κ3) is 8.05. The van der Waals surface area contributed by atoms with E-state index in [0.29, 0.717) is 22.0 Å². The fourth-order valence-electron chi connectivity index (χ4n) is 3.62. The molecule has 4 aromatic carbocycles. The van der Waals surface area contributed by atoms with Crippen molar-refractivity contribution in [3.05, 3.63) is 130 Å². The van der Waals surface area contributed by atoms with Crippen molar-refractivity contribution in [1.82, 2.24) is 5.32 Å². The first-order valence-corrected chi connectivity index (χ1v) is 13.6. The van der Waals surface area contributed by atoms with Gasteiger partial charge in [-0.15, -0.1) is 11.8 Å². The number of amides is 3. The van der Waals surface area contributed by atoms with Crippen molar-refractivity contribution in [2.45, 2.75) is 11.8 Å². The van der Waals surface area contributed by atoms with E-state index in [9.17, 15) is 18.8 Å². The number of halogens is 2. The van der Waals surface area contributed by atoms with Gasteiger partial charge in [0.1, 0.15) is 11.5 Å². The molecular weight excluding hydrogens is 549 g/mol. The molecule has 0 heterocycles. The highest BCUT2D eigenvalue weighted by molar-refractivity contribution is 8.00. The van der Waals surface area contributed by atoms with Crippen LogP contribution in [0.3, 0.4) is 0 Å². The molecule has 40 heavy (non-hydrogen) atoms. The number of aryl methyl sites for hydroxylation is 1. The van der Waals surface area contributed by atoms with Crippen molar-refractivity contribution < 1.29 is 18.8 Å². The van der Waals surface area contributed by atoms with Gasteiger partial charge in [0.25, 0.3) is 11.8 Å². The van der Waals surface area contributed by atoms with Crippen LogP contribution in [0, 0.1) is 12.7 Å². The molecule has 0 aromatic heterocycles. The zero-order chi connectivity index (χ0) is 28.5. The van der Waals surface area contributed by atoms with Gasteiger partial charge in [-0.25, -0.2) is 4.39 Å². The van der Waals surface area contributed by atoms with Gasteiger partial charge in [0.2, 0.25) is 5.91 Å². The summed E-state index contributed by atoms with van der Waals surface area (Å²) in [5.74, 6) is -1.75. The van der Waals surface area contributed by atoms with Crippen molar-refractivity contribution in [2.24, 2.45) is 0 Å². The summed E-state index contributed by atoms with van der Waals surface area (Å²) in [5, 5.41) is 8.72. The van der Waals surface area contributed by atoms with Crippen LogP contribution in [0.2, 0.25) is 5.02 Å². The lowest BCUT2D eigenvalue weighted by Crippen LogP contribution is -2.30. The second-order valence-corrected chi connectivity index (χ2v) is 10.2. The minimum absolute atomic E-state index is 0.131. The predicted octanol–water partition coefficient (Wildman–Crippen LogP) is 6.93. The lowest BCUT2D eigenvalue weighted by molar-refractivity contribution is -0.114. The van der Waals surface area contributed by atoms with Crippen LogP contribution >= 0.6 is 23.4 Å². The quantitative estimate of drug-likeness (QED) is 0.150. The first-order valence-electron chi connectivity index (χ1n) is 12.2. The average molecular weight is 574 g/mol. The molecule has 4 rings (SSSR count). The molecule has 3 amide bonds. The molecular formula is C31H25ClFN3O3S. The van der Waals surface area contributed by atoms with Crippen LogP contribution in [0.4, 0.5) is 15.8 Å². The summed E-state index contributed by atoms with van der Waals surface area (Å²) in [6, 6.07) is 26.5. The highest BCUT2D eigenvalue weighted by atomic mass is 35.5. The van der Waals surface area contributed by atoms with Crippen molar-refractivity contribution in [3.63, 3.8) is 0 Å². The Morgan fingerprint density at radius 2 is 1.62 bits per heavy atom. The number of hydrogen-bond acceptors (Lipinski definition) is 4. The fourth-order valence-corrected chi connectivity index (χ4v) is 4.54. The Kier molecular flexibility index (Phi) is 9.72. The Hall–Kier alpha value is -4.40. The molecule has 0 saturated heterocycles. The van der Waals surface area contributed by atoms with Gasteiger partial charge in [-0.3, -0.25) is 14.4 Å². The van der Waals surface area contributed by atoms with Gasteiger partial charge in [-0.1, -0.05) is 60.1 Å². The standard InChI is InChI=1S/C31H25ClFN3O3S/c1-20-14-15-23(32)17-27(20)35-29(37)19-40-25-12-7-11-24(18-25)34-31(39)28(16-22-10-5-6-13-26(22)33)36-30(38)21-8-3-2-4-9-21/h2-18H,19H2,1H3,(H,34,39)(H,35,37)(H,36,38)/b28-16-. The van der Waals surface area contributed by atoms with Gasteiger partial charge < -0.3 is 16.0 Å². The van der Waals surface area contributed by atoms with Crippen LogP contribution in [0.15, 0.2) is 108 Å². The summed E-state index contributed by atoms with van der Waals surface area (Å²) in [7, 11) is 0. The van der Waals surface area contributed by atoms with E-state index in [0.717, 1.165) is 10.5 Å². The number of carbonyl (C=O) groups excluding carboxylic acids is 3. The zero-order valence-electron chi connectivity index (χ0n) is 21.4. The predicted molar refractivity (Wildman–Crippen MR) is 159 cm³/mol. The third-order valence-electron chi connectivity index (χ3n) is 5.67. The fraction of sp³-hybridized carbons (Fsp3) is 0.0645. The van der Waals surface area contributed by atoms with Crippen LogP contribution in [0.1, 0.15) is 21.5 Å². The summed E-state index contributed by atoms with van der Waals surface area (Å²) < 4.78 is 14.4. The van der Waals surface area contributed by atoms with Gasteiger partial charge in [-0.2, -0.15) is 0 Å². The molecule has 0 radical (unpaired) electrons. The summed E-state index contributed by atoms with van der Waals surface area (Å²) in [5.41, 5.74) is 2.34. The van der Waals surface area contributed by atoms with Crippen LogP contribution in [0.25, 0.3) is 6.08 Å². The Morgan fingerprint density at radius 1 is 0.875 bits per heavy atom. The molecule has 0 saturated carbocycles. The summed E-state index contributed by atoms with van der Waals surface area (Å²) >= 11 is 7.32. The molecule has 202 valence electrons. The van der Waals surface area contributed by atoms with E-state index in [1.807, 2.05) is 19.1 Å². The topological polar surface area (TPSA) is 87.3 Å². The highest BCUT2D eigenvalue weighted by Crippen LogP contribution is 2.24. The Labute approximate surface area is 240 Å². The number of anilines is 2. The normalized spacial score (nSPS) is 11.0. The maximum Gasteiger partial charge on any atom is 0.272 e. The molecule has 0 fully saturated rings. The van der Waals surface area contributed by atoms with Crippen LogP contribution in [-0.2, 0) is 9.59 Å². The Bertz CT molecular complexity index is 1580. The number of rotatable bonds is 9. The number of thioether (sulfide) groups is 1. The summed E-state index contributed by atoms with van der Waals surface area (Å²) in [6.07, 6.45) is 1.28. The van der Waals surface area contributed by atoms with Gasteiger partial charge in [0, 0.05) is 32.4 Å². The van der Waals surface area contributed by atoms with E-state index < -0.39 is 17.6 Å². The van der Waals surface area contributed by atoms with Crippen molar-refractivity contribution in [2.75, 3.05) is 16.4 Å². The monoisotopic (exact) mass is 573 g/mol. The molecule has 3 N–H and O–H groups in total. The first-order chi connectivity index (χ1) is 19.3. The second-order valence-electron chi connectivity index (χ2n) is 8.68. The van der Waals surface area contributed by atoms with E-state index in [1.165, 1.54) is 36.0 Å². The lowest BCUT2D eigenvalue weighted by atomic mass is 10.1. The summed E-state index contributed by atoms with van der Waals surface area (Å²) in [6.45, 7) is 1.88. The molecule has 0 atom stereocenters. The maximum absolute atomic E-state index is 14.4. The molecule has 6 nitrogen and oxygen atoms in total. The molecule has 9 heteroatoms. The smallest absolute Gasteiger partial charge is 0.272 e. The molecule has 0 unspecified atom stereocenters. The van der Waals surface area contributed by atoms with E-state index in [4.69, 9.17) is 11.6 Å². The second kappa shape index (κ2) is 13.6. The average Bonchev–Trinajstić information content (AvgIpc) is 2.95. The van der Waals surface area contributed by atoms with E-state index >= 15 is 0 Å². The van der Waals surface area contributed by atoms with E-state index in [2.05, 4.69) is 16.0 Å². The zero-order valence-corrected chi connectivity index (χ0v) is 23.0. The van der Waals surface area contributed by atoms with E-state index in [1.54, 1.807) is 66.7 Å². The minimum Gasteiger partial charge on any atom is -0.325 e. The number of nitrogens with one attached hydrogen (secondary N) is 3. The molecule has 0 aliphatic carbocycles. The largest absolute Gasteiger partial charge is 0.325 e. The molecule has 0 aliphatic rings. The summed E-state index contributed by atoms with van der Waals surface area (Å²) in [4.78, 5) is 39.3. The number of hydrogen-bond donors (Lipinski definition) is 3. The van der Waals surface area contributed by atoms with Gasteiger partial charge in [0.05, 0.1) is 5.75 Å². The maximum atomic E-state index is 14.4. The molecule has 0 bridgehead atoms. The van der Waals surface area contributed by atoms with Gasteiger partial charge in [0.15, 0.2) is 0 Å². The highest BCUT2D eigenvalue weighted by Gasteiger charge is 2.16. The van der Waals surface area contributed by atoms with Crippen molar-refractivity contribution in [3.8, 4) is 0 Å². The van der Waals surface area contributed by atoms with E-state index in [-0.39, 0.29) is 22.9 Å². The van der Waals surface area contributed by atoms with Crippen LogP contribution in [-0.4, -0.2) is 23.5 Å². The van der Waals surface area contributed by atoms with Gasteiger partial charge in [-0.05, 0) is 67.1 Å². The van der Waals surface area contributed by atoms with Crippen LogP contribution < -0.4 is 16.0 Å². The first kappa shape index (κ1) is 28.6. The van der Waals surface area contributed by atoms with Crippen LogP contribution in [0.5, 0.6) is 0 Å². The minimum atomic E-state index is -0.635. The Balaban J connectivity index is 1.46. The number of carbonyl (C=O) groups is 3. The van der Waals surface area contributed by atoms with Gasteiger partial charge >= 0.3 is 0 Å². The molecule has 0 spiro atoms.